The number of rotatable bonds is 7. The number of benzene rings is 1. The molecule has 0 bridgehead atoms. The van der Waals surface area contributed by atoms with Gasteiger partial charge < -0.3 is 10.1 Å². The summed E-state index contributed by atoms with van der Waals surface area (Å²) in [5.41, 5.74) is 0. The van der Waals surface area contributed by atoms with E-state index in [1.807, 2.05) is 30.1 Å². The summed E-state index contributed by atoms with van der Waals surface area (Å²) in [6, 6.07) is 7.78. The largest absolute Gasteiger partial charge is 0.491 e. The molecule has 0 unspecified atom stereocenters. The Hall–Kier alpha value is -1.26. The Labute approximate surface area is 137 Å². The van der Waals surface area contributed by atoms with E-state index in [9.17, 15) is 4.79 Å². The van der Waals surface area contributed by atoms with Gasteiger partial charge in [0.25, 0.3) is 0 Å². The van der Waals surface area contributed by atoms with Gasteiger partial charge in [-0.05, 0) is 32.0 Å². The average molecular weight is 325 g/mol. The van der Waals surface area contributed by atoms with Gasteiger partial charge >= 0.3 is 0 Å². The number of para-hydroxylation sites is 1. The normalized spacial score (nSPS) is 15.8. The van der Waals surface area contributed by atoms with Crippen molar-refractivity contribution in [3.8, 4) is 5.75 Å². The molecule has 5 heteroatoms. The van der Waals surface area contributed by atoms with E-state index in [0.717, 1.165) is 12.8 Å². The number of carbonyl (C=O) groups is 1. The third-order valence-electron chi connectivity index (χ3n) is 3.95. The van der Waals surface area contributed by atoms with Crippen LogP contribution in [0.2, 0.25) is 5.02 Å². The van der Waals surface area contributed by atoms with Gasteiger partial charge in [-0.2, -0.15) is 0 Å². The topological polar surface area (TPSA) is 41.6 Å². The van der Waals surface area contributed by atoms with Crippen LogP contribution in [0, 0.1) is 0 Å². The quantitative estimate of drug-likeness (QED) is 0.838. The number of amides is 1. The molecule has 0 aliphatic heterocycles. The summed E-state index contributed by atoms with van der Waals surface area (Å²) in [6.45, 7) is 1.60. The van der Waals surface area contributed by atoms with E-state index in [2.05, 4.69) is 5.32 Å². The monoisotopic (exact) mass is 324 g/mol. The summed E-state index contributed by atoms with van der Waals surface area (Å²) in [5, 5.41) is 3.74. The number of hydrogen-bond acceptors (Lipinski definition) is 3. The SMILES string of the molecule is CN(CCOc1ccccc1Cl)CC(=O)NC1CCCCC1. The molecule has 0 aromatic heterocycles. The van der Waals surface area contributed by atoms with Crippen molar-refractivity contribution in [2.24, 2.45) is 0 Å². The fourth-order valence-electron chi connectivity index (χ4n) is 2.72. The van der Waals surface area contributed by atoms with Crippen molar-refractivity contribution >= 4 is 17.5 Å². The molecule has 1 aliphatic carbocycles. The van der Waals surface area contributed by atoms with E-state index in [1.165, 1.54) is 19.3 Å². The zero-order valence-corrected chi connectivity index (χ0v) is 13.9. The average Bonchev–Trinajstić information content (AvgIpc) is 2.50. The highest BCUT2D eigenvalue weighted by Gasteiger charge is 2.16. The number of ether oxygens (including phenoxy) is 1. The van der Waals surface area contributed by atoms with Crippen molar-refractivity contribution < 1.29 is 9.53 Å². The van der Waals surface area contributed by atoms with Crippen LogP contribution in [0.3, 0.4) is 0 Å². The second-order valence-electron chi connectivity index (χ2n) is 5.92. The molecule has 2 rings (SSSR count). The van der Waals surface area contributed by atoms with Crippen LogP contribution in [0.4, 0.5) is 0 Å². The molecule has 0 heterocycles. The highest BCUT2D eigenvalue weighted by atomic mass is 35.5. The Balaban J connectivity index is 1.63. The first-order chi connectivity index (χ1) is 10.6. The number of nitrogens with zero attached hydrogens (tertiary/aromatic N) is 1. The maximum absolute atomic E-state index is 12.0. The van der Waals surface area contributed by atoms with Crippen molar-refractivity contribution in [1.29, 1.82) is 0 Å². The minimum Gasteiger partial charge on any atom is -0.491 e. The Morgan fingerprint density at radius 3 is 2.77 bits per heavy atom. The molecule has 0 saturated heterocycles. The van der Waals surface area contributed by atoms with Crippen LogP contribution in [0.15, 0.2) is 24.3 Å². The van der Waals surface area contributed by atoms with Crippen LogP contribution in [-0.4, -0.2) is 43.6 Å². The molecule has 22 heavy (non-hydrogen) atoms. The van der Waals surface area contributed by atoms with Crippen molar-refractivity contribution in [1.82, 2.24) is 10.2 Å². The van der Waals surface area contributed by atoms with Gasteiger partial charge in [-0.25, -0.2) is 0 Å². The van der Waals surface area contributed by atoms with Gasteiger partial charge in [-0.3, -0.25) is 9.69 Å². The van der Waals surface area contributed by atoms with E-state index in [0.29, 0.717) is 36.5 Å². The molecular weight excluding hydrogens is 300 g/mol. The maximum atomic E-state index is 12.0. The predicted octanol–water partition coefficient (Wildman–Crippen LogP) is 3.10. The maximum Gasteiger partial charge on any atom is 0.234 e. The fourth-order valence-corrected chi connectivity index (χ4v) is 2.91. The predicted molar refractivity (Wildman–Crippen MR) is 89.5 cm³/mol. The lowest BCUT2D eigenvalue weighted by atomic mass is 9.95. The molecular formula is C17H25ClN2O2. The van der Waals surface area contributed by atoms with Crippen LogP contribution in [-0.2, 0) is 4.79 Å². The lowest BCUT2D eigenvalue weighted by Crippen LogP contribution is -2.42. The third kappa shape index (κ3) is 5.85. The van der Waals surface area contributed by atoms with Gasteiger partial charge in [0.15, 0.2) is 0 Å². The van der Waals surface area contributed by atoms with Gasteiger partial charge in [0, 0.05) is 12.6 Å². The fraction of sp³-hybridized carbons (Fsp3) is 0.588. The first-order valence-electron chi connectivity index (χ1n) is 8.00. The number of halogens is 1. The highest BCUT2D eigenvalue weighted by molar-refractivity contribution is 6.32. The van der Waals surface area contributed by atoms with Crippen LogP contribution in [0.1, 0.15) is 32.1 Å². The zero-order valence-electron chi connectivity index (χ0n) is 13.2. The summed E-state index contributed by atoms with van der Waals surface area (Å²) < 4.78 is 5.63. The number of nitrogens with one attached hydrogen (secondary N) is 1. The van der Waals surface area contributed by atoms with Gasteiger partial charge in [-0.1, -0.05) is 43.0 Å². The minimum atomic E-state index is 0.104. The van der Waals surface area contributed by atoms with Gasteiger partial charge in [0.2, 0.25) is 5.91 Å². The number of likely N-dealkylation sites (N-methyl/N-ethyl adjacent to an activating group) is 1. The smallest absolute Gasteiger partial charge is 0.234 e. The Bertz CT molecular complexity index is 475. The van der Waals surface area contributed by atoms with Gasteiger partial charge in [0.1, 0.15) is 12.4 Å². The molecule has 0 radical (unpaired) electrons. The van der Waals surface area contributed by atoms with Crippen LogP contribution in [0.5, 0.6) is 5.75 Å². The first kappa shape index (κ1) is 17.1. The van der Waals surface area contributed by atoms with Crippen molar-refractivity contribution in [3.63, 3.8) is 0 Å². The van der Waals surface area contributed by atoms with E-state index in [-0.39, 0.29) is 5.91 Å². The van der Waals surface area contributed by atoms with Gasteiger partial charge in [0.05, 0.1) is 11.6 Å². The summed E-state index contributed by atoms with van der Waals surface area (Å²) in [5.74, 6) is 0.788. The molecule has 0 spiro atoms. The van der Waals surface area contributed by atoms with E-state index in [1.54, 1.807) is 6.07 Å². The van der Waals surface area contributed by atoms with E-state index in [4.69, 9.17) is 16.3 Å². The van der Waals surface area contributed by atoms with E-state index >= 15 is 0 Å². The molecule has 1 aromatic rings. The summed E-state index contributed by atoms with van der Waals surface area (Å²) in [7, 11) is 1.93. The van der Waals surface area contributed by atoms with Gasteiger partial charge in [-0.15, -0.1) is 0 Å². The second kappa shape index (κ2) is 9.01. The molecule has 1 fully saturated rings. The molecule has 1 aromatic carbocycles. The molecule has 1 aliphatic rings. The number of hydrogen-bond donors (Lipinski definition) is 1. The summed E-state index contributed by atoms with van der Waals surface area (Å²) >= 11 is 6.03. The Morgan fingerprint density at radius 2 is 2.05 bits per heavy atom. The lowest BCUT2D eigenvalue weighted by Gasteiger charge is -2.24. The molecule has 1 amide bonds. The molecule has 1 N–H and O–H groups in total. The van der Waals surface area contributed by atoms with E-state index < -0.39 is 0 Å². The van der Waals surface area contributed by atoms with Crippen LogP contribution in [0.25, 0.3) is 0 Å². The second-order valence-corrected chi connectivity index (χ2v) is 6.33. The first-order valence-corrected chi connectivity index (χ1v) is 8.38. The molecule has 122 valence electrons. The Morgan fingerprint density at radius 1 is 1.32 bits per heavy atom. The summed E-state index contributed by atoms with van der Waals surface area (Å²) in [6.07, 6.45) is 5.99. The molecule has 0 atom stereocenters. The standard InChI is InChI=1S/C17H25ClN2O2/c1-20(11-12-22-16-10-6-5-9-15(16)18)13-17(21)19-14-7-3-2-4-8-14/h5-6,9-10,14H,2-4,7-8,11-13H2,1H3,(H,19,21). The van der Waals surface area contributed by atoms with Crippen molar-refractivity contribution in [3.05, 3.63) is 29.3 Å². The van der Waals surface area contributed by atoms with Crippen molar-refractivity contribution in [2.75, 3.05) is 26.7 Å². The van der Waals surface area contributed by atoms with Crippen LogP contribution < -0.4 is 10.1 Å². The molecule has 4 nitrogen and oxygen atoms in total. The highest BCUT2D eigenvalue weighted by Crippen LogP contribution is 2.22. The van der Waals surface area contributed by atoms with Crippen LogP contribution >= 0.6 is 11.6 Å². The third-order valence-corrected chi connectivity index (χ3v) is 4.26. The minimum absolute atomic E-state index is 0.104. The zero-order chi connectivity index (χ0) is 15.8. The summed E-state index contributed by atoms with van der Waals surface area (Å²) in [4.78, 5) is 14.0. The lowest BCUT2D eigenvalue weighted by molar-refractivity contribution is -0.122. The van der Waals surface area contributed by atoms with Crippen molar-refractivity contribution in [2.45, 2.75) is 38.1 Å². The number of carbonyl (C=O) groups excluding carboxylic acids is 1. The Kier molecular flexibility index (Phi) is 7.00. The molecule has 1 saturated carbocycles.